The molecule has 16 aromatic carbocycles. The smallest absolute Gasteiger partial charge is 0.145 e. The minimum atomic E-state index is -0.631. The molecule has 6 nitrogen and oxygen atoms in total. The summed E-state index contributed by atoms with van der Waals surface area (Å²) in [6.45, 7) is 0. The first kappa shape index (κ1) is 66.3. The van der Waals surface area contributed by atoms with Crippen LogP contribution in [0.1, 0.15) is 57.3 Å². The number of fused-ring (bicyclic) bond motifs is 9. The lowest BCUT2D eigenvalue weighted by Gasteiger charge is -2.34. The van der Waals surface area contributed by atoms with Gasteiger partial charge in [-0.05, 0) is 168 Å². The molecule has 3 aromatic heterocycles. The van der Waals surface area contributed by atoms with Gasteiger partial charge in [-0.3, -0.25) is 9.13 Å². The largest absolute Gasteiger partial charge is 0.293 e. The molecule has 0 unspecified atom stereocenters. The molecule has 0 spiro atoms. The van der Waals surface area contributed by atoms with Gasteiger partial charge >= 0.3 is 0 Å². The summed E-state index contributed by atoms with van der Waals surface area (Å²) in [6, 6.07) is 144. The standard InChI is InChI=1S/C108H72N6/c1-7-27-81(28-8-1)107(82-29-9-2-10-30-82)93-41-21-19-39-89(93)91-65-63-79(69-95(91)107)87-67-68-88(80-64-66-92-90-40-20-22-42-94(90)108(96(92)70-80,83-31-11-3-12-32-83)84-33-13-4-14-34-84)104-103(87)111-101(75-55-47-71(48-56-75)73-51-59-77(60-52-73)105-109-97-43-23-25-45-99(97)113(105)85-35-15-5-16-36-85)102(112-104)76-57-49-72(50-58-76)74-53-61-78(62-54-74)106-110-98-44-24-26-46-100(98)114(106)86-37-17-6-18-38-86/h1-5,7-17,19-70H,6,18H2. The second-order valence-corrected chi connectivity index (χ2v) is 30.1. The Morgan fingerprint density at radius 3 is 0.974 bits per heavy atom. The van der Waals surface area contributed by atoms with E-state index in [0.29, 0.717) is 0 Å². The predicted octanol–water partition coefficient (Wildman–Crippen LogP) is 26.6. The van der Waals surface area contributed by atoms with Gasteiger partial charge in [-0.25, -0.2) is 19.9 Å². The zero-order chi connectivity index (χ0) is 75.3. The quantitative estimate of drug-likeness (QED) is 0.109. The van der Waals surface area contributed by atoms with Crippen LogP contribution in [0.5, 0.6) is 0 Å². The summed E-state index contributed by atoms with van der Waals surface area (Å²) in [4.78, 5) is 22.8. The number of allylic oxidation sites excluding steroid dienone is 4. The van der Waals surface area contributed by atoms with Gasteiger partial charge in [0.25, 0.3) is 0 Å². The van der Waals surface area contributed by atoms with Crippen LogP contribution in [0.2, 0.25) is 0 Å². The Morgan fingerprint density at radius 2 is 0.561 bits per heavy atom. The van der Waals surface area contributed by atoms with Crippen LogP contribution < -0.4 is 0 Å². The Labute approximate surface area is 662 Å². The molecule has 0 N–H and O–H groups in total. The van der Waals surface area contributed by atoms with Crippen molar-refractivity contribution in [2.24, 2.45) is 0 Å². The van der Waals surface area contributed by atoms with Gasteiger partial charge < -0.3 is 0 Å². The molecule has 0 aliphatic heterocycles. The molecule has 0 bridgehead atoms. The number of rotatable bonds is 14. The fourth-order valence-electron chi connectivity index (χ4n) is 18.8. The molecule has 3 heterocycles. The van der Waals surface area contributed by atoms with Crippen molar-refractivity contribution in [3.8, 4) is 118 Å². The summed E-state index contributed by atoms with van der Waals surface area (Å²) in [5, 5.41) is 0. The lowest BCUT2D eigenvalue weighted by atomic mass is 9.67. The molecule has 6 heteroatoms. The summed E-state index contributed by atoms with van der Waals surface area (Å²) in [5.74, 6) is 1.82. The summed E-state index contributed by atoms with van der Waals surface area (Å²) in [7, 11) is 0. The molecule has 0 atom stereocenters. The van der Waals surface area contributed by atoms with Crippen LogP contribution in [0.15, 0.2) is 413 Å². The van der Waals surface area contributed by atoms with Crippen molar-refractivity contribution in [3.63, 3.8) is 0 Å². The van der Waals surface area contributed by atoms with Crippen LogP contribution in [0.4, 0.5) is 0 Å². The third kappa shape index (κ3) is 10.6. The maximum Gasteiger partial charge on any atom is 0.145 e. The number of nitrogens with zero attached hydrogens (tertiary/aromatic N) is 6. The van der Waals surface area contributed by atoms with Crippen molar-refractivity contribution in [1.82, 2.24) is 29.1 Å². The summed E-state index contributed by atoms with van der Waals surface area (Å²) in [5.41, 5.74) is 35.3. The van der Waals surface area contributed by atoms with E-state index in [1.165, 1.54) is 66.8 Å². The van der Waals surface area contributed by atoms with E-state index in [4.69, 9.17) is 19.9 Å². The van der Waals surface area contributed by atoms with E-state index in [9.17, 15) is 0 Å². The fourth-order valence-corrected chi connectivity index (χ4v) is 18.8. The fraction of sp³-hybridized carbons (Fsp3) is 0.0370. The second kappa shape index (κ2) is 27.1. The number of imidazole rings is 2. The highest BCUT2D eigenvalue weighted by Crippen LogP contribution is 2.59. The highest BCUT2D eigenvalue weighted by Gasteiger charge is 2.48. The first-order valence-electron chi connectivity index (χ1n) is 39.4. The van der Waals surface area contributed by atoms with Crippen LogP contribution in [0.3, 0.4) is 0 Å². The third-order valence-corrected chi connectivity index (χ3v) is 24.0. The molecule has 534 valence electrons. The topological polar surface area (TPSA) is 61.4 Å². The zero-order valence-corrected chi connectivity index (χ0v) is 62.4. The Hall–Kier alpha value is -14.7. The van der Waals surface area contributed by atoms with E-state index in [1.807, 2.05) is 0 Å². The first-order chi connectivity index (χ1) is 56.5. The highest BCUT2D eigenvalue weighted by molar-refractivity contribution is 6.05. The lowest BCUT2D eigenvalue weighted by Crippen LogP contribution is -2.28. The molecule has 114 heavy (non-hydrogen) atoms. The van der Waals surface area contributed by atoms with Gasteiger partial charge in [-0.1, -0.05) is 358 Å². The van der Waals surface area contributed by atoms with Crippen molar-refractivity contribution in [1.29, 1.82) is 0 Å². The summed E-state index contributed by atoms with van der Waals surface area (Å²) >= 11 is 0. The Morgan fingerprint density at radius 1 is 0.237 bits per heavy atom. The van der Waals surface area contributed by atoms with Gasteiger partial charge in [-0.2, -0.15) is 0 Å². The molecular weight excluding hydrogens is 1380 g/mol. The third-order valence-electron chi connectivity index (χ3n) is 24.0. The van der Waals surface area contributed by atoms with Crippen molar-refractivity contribution in [3.05, 3.63) is 457 Å². The van der Waals surface area contributed by atoms with Gasteiger partial charge in [0.1, 0.15) is 11.6 Å². The Balaban J connectivity index is 0.745. The first-order valence-corrected chi connectivity index (χ1v) is 39.4. The maximum absolute atomic E-state index is 6.19. The zero-order valence-electron chi connectivity index (χ0n) is 62.4. The number of hydrogen-bond acceptors (Lipinski definition) is 4. The van der Waals surface area contributed by atoms with Gasteiger partial charge in [0.15, 0.2) is 0 Å². The Bertz CT molecular complexity index is 6940. The molecule has 0 saturated heterocycles. The van der Waals surface area contributed by atoms with Crippen molar-refractivity contribution < 1.29 is 0 Å². The molecule has 19 aromatic rings. The maximum atomic E-state index is 6.19. The van der Waals surface area contributed by atoms with Crippen molar-refractivity contribution >= 4 is 38.8 Å². The molecule has 0 fully saturated rings. The number of aromatic nitrogens is 6. The van der Waals surface area contributed by atoms with E-state index in [0.717, 1.165) is 147 Å². The van der Waals surface area contributed by atoms with E-state index in [-0.39, 0.29) is 0 Å². The molecule has 3 aliphatic rings. The minimum absolute atomic E-state index is 0.630. The van der Waals surface area contributed by atoms with Crippen LogP contribution in [-0.4, -0.2) is 29.1 Å². The van der Waals surface area contributed by atoms with Crippen LogP contribution in [0.25, 0.3) is 157 Å². The lowest BCUT2D eigenvalue weighted by molar-refractivity contribution is 0.769. The van der Waals surface area contributed by atoms with E-state index < -0.39 is 10.8 Å². The normalized spacial score (nSPS) is 13.5. The van der Waals surface area contributed by atoms with Gasteiger partial charge in [0.2, 0.25) is 0 Å². The molecule has 22 rings (SSSR count). The minimum Gasteiger partial charge on any atom is -0.293 e. The molecule has 0 saturated carbocycles. The average Bonchev–Trinajstić information content (AvgIpc) is 1.53. The molecular formula is C108H72N6. The van der Waals surface area contributed by atoms with Gasteiger partial charge in [0, 0.05) is 44.8 Å². The Kier molecular flexibility index (Phi) is 15.8. The summed E-state index contributed by atoms with van der Waals surface area (Å²) < 4.78 is 4.56. The van der Waals surface area contributed by atoms with E-state index in [2.05, 4.69) is 422 Å². The van der Waals surface area contributed by atoms with Crippen LogP contribution in [0, 0.1) is 0 Å². The van der Waals surface area contributed by atoms with E-state index in [1.54, 1.807) is 0 Å². The molecule has 0 amide bonds. The molecule has 0 radical (unpaired) electrons. The van der Waals surface area contributed by atoms with Gasteiger partial charge in [-0.15, -0.1) is 0 Å². The SMILES string of the molecule is C1=CC(n2c(-c3ccc(-c4ccc(-c5nc6c(-c7ccc8c(c7)C(c7ccccc7)(c7ccccc7)c7ccccc7-8)ccc(-c7ccc8c(c7)C(c7ccccc7)(c7ccccc7)c7ccccc7-8)c6nc5-c5ccc(-c6ccc(-c7nc8ccccc8n7-c7ccccc7)cc6)cc5)cc4)cc3)nc3ccccc32)=CCC1. The van der Waals surface area contributed by atoms with Crippen molar-refractivity contribution in [2.75, 3.05) is 0 Å². The van der Waals surface area contributed by atoms with Crippen molar-refractivity contribution in [2.45, 2.75) is 23.7 Å². The number of benzene rings is 16. The highest BCUT2D eigenvalue weighted by atomic mass is 15.1. The number of hydrogen-bond donors (Lipinski definition) is 0. The number of para-hydroxylation sites is 5. The second-order valence-electron chi connectivity index (χ2n) is 30.1. The predicted molar refractivity (Wildman–Crippen MR) is 468 cm³/mol. The van der Waals surface area contributed by atoms with Crippen LogP contribution in [-0.2, 0) is 10.8 Å². The van der Waals surface area contributed by atoms with Gasteiger partial charge in [0.05, 0.1) is 55.3 Å². The van der Waals surface area contributed by atoms with E-state index >= 15 is 0 Å². The molecule has 3 aliphatic carbocycles. The summed E-state index contributed by atoms with van der Waals surface area (Å²) in [6.07, 6.45) is 8.85. The average molecular weight is 1450 g/mol. The van der Waals surface area contributed by atoms with Crippen LogP contribution >= 0.6 is 0 Å². The monoisotopic (exact) mass is 1450 g/mol.